The van der Waals surface area contributed by atoms with E-state index in [2.05, 4.69) is 47.9 Å². The highest BCUT2D eigenvalue weighted by Crippen LogP contribution is 2.30. The average molecular weight is 442 g/mol. The molecule has 0 N–H and O–H groups in total. The summed E-state index contributed by atoms with van der Waals surface area (Å²) in [7, 11) is 1.65. The fraction of sp³-hybridized carbons (Fsp3) is 0.480. The van der Waals surface area contributed by atoms with Gasteiger partial charge in [0.05, 0.1) is 24.8 Å². The zero-order chi connectivity index (χ0) is 22.2. The van der Waals surface area contributed by atoms with Crippen LogP contribution in [-0.4, -0.2) is 51.3 Å². The summed E-state index contributed by atoms with van der Waals surface area (Å²) in [5.74, 6) is 1.66. The molecule has 0 aliphatic carbocycles. The van der Waals surface area contributed by atoms with Gasteiger partial charge in [-0.2, -0.15) is 5.26 Å². The van der Waals surface area contributed by atoms with Crippen LogP contribution in [0.5, 0.6) is 11.5 Å². The van der Waals surface area contributed by atoms with Crippen molar-refractivity contribution in [1.29, 1.82) is 5.26 Å². The fourth-order valence-corrected chi connectivity index (χ4v) is 4.16. The van der Waals surface area contributed by atoms with Gasteiger partial charge < -0.3 is 14.4 Å². The summed E-state index contributed by atoms with van der Waals surface area (Å²) >= 11 is 6.16. The highest BCUT2D eigenvalue weighted by atomic mass is 35.5. The van der Waals surface area contributed by atoms with E-state index in [0.29, 0.717) is 18.1 Å². The standard InChI is InChI=1S/C25H32ClN3O2/c1-19-20(2)24(31-17-5-4-11-27)9-6-21(19)10-12-28-13-15-29(16-14-28)22-7-8-23(26)25(18-22)30-3/h6-9,18H,4-5,10,12-17H2,1-3H3. The maximum absolute atomic E-state index is 8.65. The second-order valence-electron chi connectivity index (χ2n) is 7.98. The SMILES string of the molecule is COc1cc(N2CCN(CCc3ccc(OCCCC#N)c(C)c3C)CC2)ccc1Cl. The molecule has 6 heteroatoms. The number of benzene rings is 2. The highest BCUT2D eigenvalue weighted by Gasteiger charge is 2.18. The number of halogens is 1. The number of methoxy groups -OCH3 is 1. The first kappa shape index (κ1) is 23.2. The number of piperazine rings is 1. The minimum absolute atomic E-state index is 0.537. The molecule has 1 saturated heterocycles. The number of anilines is 1. The number of rotatable bonds is 9. The number of unbranched alkanes of at least 4 members (excludes halogenated alkanes) is 1. The first-order valence-corrected chi connectivity index (χ1v) is 11.3. The third kappa shape index (κ3) is 6.06. The molecule has 5 nitrogen and oxygen atoms in total. The molecule has 1 heterocycles. The van der Waals surface area contributed by atoms with Crippen LogP contribution in [0.1, 0.15) is 29.5 Å². The van der Waals surface area contributed by atoms with Crippen molar-refractivity contribution in [2.45, 2.75) is 33.1 Å². The first-order chi connectivity index (χ1) is 15.0. The Morgan fingerprint density at radius 1 is 1.03 bits per heavy atom. The minimum atomic E-state index is 0.537. The molecular weight excluding hydrogens is 410 g/mol. The maximum atomic E-state index is 8.65. The largest absolute Gasteiger partial charge is 0.495 e. The zero-order valence-electron chi connectivity index (χ0n) is 18.8. The lowest BCUT2D eigenvalue weighted by molar-refractivity contribution is 0.260. The van der Waals surface area contributed by atoms with Gasteiger partial charge in [0.25, 0.3) is 0 Å². The van der Waals surface area contributed by atoms with Crippen molar-refractivity contribution in [3.05, 3.63) is 52.0 Å². The summed E-state index contributed by atoms with van der Waals surface area (Å²) in [6, 6.07) is 12.4. The normalized spacial score (nSPS) is 14.4. The summed E-state index contributed by atoms with van der Waals surface area (Å²) in [4.78, 5) is 4.92. The zero-order valence-corrected chi connectivity index (χ0v) is 19.5. The molecule has 2 aromatic carbocycles. The first-order valence-electron chi connectivity index (χ1n) is 10.9. The Balaban J connectivity index is 1.50. The van der Waals surface area contributed by atoms with E-state index in [9.17, 15) is 0 Å². The lowest BCUT2D eigenvalue weighted by Crippen LogP contribution is -2.47. The summed E-state index contributed by atoms with van der Waals surface area (Å²) in [6.07, 6.45) is 2.34. The van der Waals surface area contributed by atoms with Crippen LogP contribution < -0.4 is 14.4 Å². The molecule has 166 valence electrons. The molecule has 0 radical (unpaired) electrons. The van der Waals surface area contributed by atoms with Crippen LogP contribution in [0, 0.1) is 25.2 Å². The van der Waals surface area contributed by atoms with Crippen LogP contribution in [-0.2, 0) is 6.42 Å². The Morgan fingerprint density at radius 2 is 1.81 bits per heavy atom. The van der Waals surface area contributed by atoms with E-state index in [-0.39, 0.29) is 0 Å². The molecule has 0 aromatic heterocycles. The molecule has 1 aliphatic heterocycles. The third-order valence-corrected chi connectivity index (χ3v) is 6.42. The summed E-state index contributed by atoms with van der Waals surface area (Å²) < 4.78 is 11.2. The molecule has 1 aliphatic rings. The second kappa shape index (κ2) is 11.3. The summed E-state index contributed by atoms with van der Waals surface area (Å²) in [5.41, 5.74) is 5.06. The number of nitriles is 1. The van der Waals surface area contributed by atoms with E-state index in [0.717, 1.165) is 62.8 Å². The maximum Gasteiger partial charge on any atom is 0.139 e. The Labute approximate surface area is 191 Å². The van der Waals surface area contributed by atoms with Crippen molar-refractivity contribution in [2.75, 3.05) is 51.3 Å². The molecule has 31 heavy (non-hydrogen) atoms. The van der Waals surface area contributed by atoms with E-state index in [4.69, 9.17) is 26.3 Å². The van der Waals surface area contributed by atoms with Crippen LogP contribution in [0.25, 0.3) is 0 Å². The number of ether oxygens (including phenoxy) is 2. The molecule has 0 bridgehead atoms. The number of nitrogens with zero attached hydrogens (tertiary/aromatic N) is 3. The van der Waals surface area contributed by atoms with Gasteiger partial charge in [0, 0.05) is 50.9 Å². The van der Waals surface area contributed by atoms with Gasteiger partial charge in [0.2, 0.25) is 0 Å². The number of hydrogen-bond donors (Lipinski definition) is 0. The Kier molecular flexibility index (Phi) is 8.45. The summed E-state index contributed by atoms with van der Waals surface area (Å²) in [6.45, 7) is 10.0. The van der Waals surface area contributed by atoms with Gasteiger partial charge in [-0.15, -0.1) is 0 Å². The van der Waals surface area contributed by atoms with Crippen molar-refractivity contribution in [3.8, 4) is 17.6 Å². The van der Waals surface area contributed by atoms with E-state index in [1.54, 1.807) is 7.11 Å². The van der Waals surface area contributed by atoms with Crippen molar-refractivity contribution < 1.29 is 9.47 Å². The van der Waals surface area contributed by atoms with Crippen LogP contribution in [0.15, 0.2) is 30.3 Å². The van der Waals surface area contributed by atoms with Gasteiger partial charge in [0.1, 0.15) is 11.5 Å². The predicted molar refractivity (Wildman–Crippen MR) is 127 cm³/mol. The highest BCUT2D eigenvalue weighted by molar-refractivity contribution is 6.32. The molecule has 1 fully saturated rings. The van der Waals surface area contributed by atoms with Gasteiger partial charge in [-0.05, 0) is 61.6 Å². The lowest BCUT2D eigenvalue weighted by Gasteiger charge is -2.36. The van der Waals surface area contributed by atoms with Crippen molar-refractivity contribution in [1.82, 2.24) is 4.90 Å². The van der Waals surface area contributed by atoms with E-state index < -0.39 is 0 Å². The van der Waals surface area contributed by atoms with Crippen molar-refractivity contribution in [3.63, 3.8) is 0 Å². The Morgan fingerprint density at radius 3 is 2.52 bits per heavy atom. The summed E-state index contributed by atoms with van der Waals surface area (Å²) in [5, 5.41) is 9.29. The van der Waals surface area contributed by atoms with Crippen LogP contribution in [0.4, 0.5) is 5.69 Å². The molecule has 3 rings (SSSR count). The molecule has 0 saturated carbocycles. The van der Waals surface area contributed by atoms with Gasteiger partial charge in [-0.1, -0.05) is 17.7 Å². The van der Waals surface area contributed by atoms with Gasteiger partial charge in [-0.25, -0.2) is 0 Å². The Bertz CT molecular complexity index is 918. The van der Waals surface area contributed by atoms with Crippen LogP contribution in [0.3, 0.4) is 0 Å². The molecule has 0 atom stereocenters. The van der Waals surface area contributed by atoms with Crippen molar-refractivity contribution >= 4 is 17.3 Å². The monoisotopic (exact) mass is 441 g/mol. The minimum Gasteiger partial charge on any atom is -0.495 e. The predicted octanol–water partition coefficient (Wildman–Crippen LogP) is 5.01. The quantitative estimate of drug-likeness (QED) is 0.512. The van der Waals surface area contributed by atoms with E-state index >= 15 is 0 Å². The number of hydrogen-bond acceptors (Lipinski definition) is 5. The van der Waals surface area contributed by atoms with Gasteiger partial charge in [0.15, 0.2) is 0 Å². The van der Waals surface area contributed by atoms with Gasteiger partial charge >= 0.3 is 0 Å². The van der Waals surface area contributed by atoms with E-state index in [1.165, 1.54) is 16.7 Å². The second-order valence-corrected chi connectivity index (χ2v) is 8.39. The fourth-order valence-electron chi connectivity index (χ4n) is 3.97. The van der Waals surface area contributed by atoms with Gasteiger partial charge in [-0.3, -0.25) is 4.90 Å². The smallest absolute Gasteiger partial charge is 0.139 e. The molecule has 2 aromatic rings. The third-order valence-electron chi connectivity index (χ3n) is 6.11. The van der Waals surface area contributed by atoms with Crippen LogP contribution in [0.2, 0.25) is 5.02 Å². The van der Waals surface area contributed by atoms with Crippen LogP contribution >= 0.6 is 11.6 Å². The van der Waals surface area contributed by atoms with Crippen molar-refractivity contribution in [2.24, 2.45) is 0 Å². The molecule has 0 amide bonds. The lowest BCUT2D eigenvalue weighted by atomic mass is 9.99. The topological polar surface area (TPSA) is 48.7 Å². The molecule has 0 spiro atoms. The molecular formula is C25H32ClN3O2. The average Bonchev–Trinajstić information content (AvgIpc) is 2.79. The Hall–Kier alpha value is -2.42. The molecule has 0 unspecified atom stereocenters. The van der Waals surface area contributed by atoms with E-state index in [1.807, 2.05) is 12.1 Å².